The summed E-state index contributed by atoms with van der Waals surface area (Å²) >= 11 is 0. The Balaban J connectivity index is 1.82. The lowest BCUT2D eigenvalue weighted by molar-refractivity contribution is -0.162. The summed E-state index contributed by atoms with van der Waals surface area (Å²) in [5.74, 6) is 6.07. The summed E-state index contributed by atoms with van der Waals surface area (Å²) in [5.41, 5.74) is 1.02. The maximum Gasteiger partial charge on any atom is 0.409 e. The van der Waals surface area contributed by atoms with Gasteiger partial charge in [0.2, 0.25) is 5.91 Å². The first-order valence-electron chi connectivity index (χ1n) is 11.8. The predicted octanol–water partition coefficient (Wildman–Crippen LogP) is 3.58. The number of likely N-dealkylation sites (tertiary alicyclic amines) is 1. The second-order valence-electron chi connectivity index (χ2n) is 8.81. The van der Waals surface area contributed by atoms with Crippen LogP contribution in [0.4, 0.5) is 4.79 Å². The van der Waals surface area contributed by atoms with Crippen molar-refractivity contribution in [1.82, 2.24) is 10.2 Å². The first-order chi connectivity index (χ1) is 15.9. The molecule has 1 saturated carbocycles. The van der Waals surface area contributed by atoms with Crippen molar-refractivity contribution in [3.8, 4) is 11.8 Å². The van der Waals surface area contributed by atoms with Gasteiger partial charge in [-0.3, -0.25) is 9.59 Å². The minimum atomic E-state index is -0.960. The predicted molar refractivity (Wildman–Crippen MR) is 124 cm³/mol. The number of nitrogens with one attached hydrogen (secondary N) is 1. The minimum Gasteiger partial charge on any atom is -0.453 e. The molecule has 2 aliphatic rings. The Bertz CT molecular complexity index is 934. The SMILES string of the molecule is CCNC(=O)CCCC(=O)O[C@@]1(C#Cc2cccc(C)c2)CCC[C@@H]2[C@H]1CCN2C(=O)OC. The molecule has 3 rings (SSSR count). The van der Waals surface area contributed by atoms with Crippen LogP contribution in [0, 0.1) is 24.7 Å². The highest BCUT2D eigenvalue weighted by Gasteiger charge is 2.53. The molecule has 0 aromatic heterocycles. The van der Waals surface area contributed by atoms with Gasteiger partial charge in [-0.1, -0.05) is 18.1 Å². The third-order valence-corrected chi connectivity index (χ3v) is 6.49. The third kappa shape index (κ3) is 6.07. The van der Waals surface area contributed by atoms with Gasteiger partial charge < -0.3 is 19.7 Å². The molecule has 7 heteroatoms. The van der Waals surface area contributed by atoms with Gasteiger partial charge in [-0.15, -0.1) is 0 Å². The molecule has 2 amide bonds. The van der Waals surface area contributed by atoms with Crippen LogP contribution in [0.3, 0.4) is 0 Å². The summed E-state index contributed by atoms with van der Waals surface area (Å²) in [4.78, 5) is 38.6. The van der Waals surface area contributed by atoms with Crippen molar-refractivity contribution in [3.63, 3.8) is 0 Å². The molecule has 33 heavy (non-hydrogen) atoms. The van der Waals surface area contributed by atoms with E-state index in [9.17, 15) is 14.4 Å². The largest absolute Gasteiger partial charge is 0.453 e. The number of ether oxygens (including phenoxy) is 2. The molecule has 1 aromatic carbocycles. The number of nitrogens with zero attached hydrogens (tertiary/aromatic N) is 1. The Morgan fingerprint density at radius 1 is 1.24 bits per heavy atom. The standard InChI is InChI=1S/C26H34N2O5/c1-4-27-23(29)11-6-12-24(30)33-26(16-13-20-9-5-8-19(2)18-20)15-7-10-22-21(26)14-17-28(22)25(31)32-3/h5,8-9,18,21-22H,4,6-7,10-12,14-15,17H2,1-3H3,(H,27,29)/t21-,22-,26-/m1/s1. The molecule has 1 heterocycles. The minimum absolute atomic E-state index is 0.0681. The summed E-state index contributed by atoms with van der Waals surface area (Å²) in [6.07, 6.45) is 3.48. The number of carbonyl (C=O) groups is 3. The summed E-state index contributed by atoms with van der Waals surface area (Å²) in [6, 6.07) is 7.85. The number of methoxy groups -OCH3 is 1. The quantitative estimate of drug-likeness (QED) is 0.525. The lowest BCUT2D eigenvalue weighted by Crippen LogP contribution is -2.51. The molecule has 1 aliphatic heterocycles. The Morgan fingerprint density at radius 3 is 2.79 bits per heavy atom. The van der Waals surface area contributed by atoms with E-state index in [1.807, 2.05) is 38.1 Å². The van der Waals surface area contributed by atoms with E-state index >= 15 is 0 Å². The molecule has 7 nitrogen and oxygen atoms in total. The molecule has 1 aliphatic carbocycles. The summed E-state index contributed by atoms with van der Waals surface area (Å²) < 4.78 is 11.1. The van der Waals surface area contributed by atoms with Crippen molar-refractivity contribution in [2.75, 3.05) is 20.2 Å². The molecule has 0 unspecified atom stereocenters. The number of amides is 2. The van der Waals surface area contributed by atoms with Gasteiger partial charge in [0.15, 0.2) is 5.60 Å². The van der Waals surface area contributed by atoms with Crippen molar-refractivity contribution >= 4 is 18.0 Å². The fourth-order valence-electron chi connectivity index (χ4n) is 5.00. The van der Waals surface area contributed by atoms with Gasteiger partial charge >= 0.3 is 12.1 Å². The fourth-order valence-corrected chi connectivity index (χ4v) is 5.00. The van der Waals surface area contributed by atoms with Crippen LogP contribution in [0.2, 0.25) is 0 Å². The zero-order valence-corrected chi connectivity index (χ0v) is 19.8. The van der Waals surface area contributed by atoms with Crippen LogP contribution in [0.25, 0.3) is 0 Å². The maximum atomic E-state index is 12.9. The van der Waals surface area contributed by atoms with Crippen molar-refractivity contribution in [2.24, 2.45) is 5.92 Å². The fraction of sp³-hybridized carbons (Fsp3) is 0.577. The molecule has 0 bridgehead atoms. The van der Waals surface area contributed by atoms with Gasteiger partial charge in [-0.05, 0) is 69.6 Å². The molecule has 2 fully saturated rings. The lowest BCUT2D eigenvalue weighted by Gasteiger charge is -2.42. The third-order valence-electron chi connectivity index (χ3n) is 6.49. The van der Waals surface area contributed by atoms with Crippen molar-refractivity contribution in [2.45, 2.75) is 70.4 Å². The van der Waals surface area contributed by atoms with E-state index in [0.717, 1.165) is 24.0 Å². The number of aryl methyl sites for hydroxylation is 1. The smallest absolute Gasteiger partial charge is 0.409 e. The van der Waals surface area contributed by atoms with Gasteiger partial charge in [0.05, 0.1) is 7.11 Å². The van der Waals surface area contributed by atoms with Gasteiger partial charge in [0.1, 0.15) is 0 Å². The molecule has 0 radical (unpaired) electrons. The lowest BCUT2D eigenvalue weighted by atomic mass is 9.72. The Hall–Kier alpha value is -3.01. The summed E-state index contributed by atoms with van der Waals surface area (Å²) in [5, 5.41) is 2.74. The molecule has 1 saturated heterocycles. The molecular weight excluding hydrogens is 420 g/mol. The Labute approximate surface area is 196 Å². The number of carbonyl (C=O) groups excluding carboxylic acids is 3. The topological polar surface area (TPSA) is 84.9 Å². The first-order valence-corrected chi connectivity index (χ1v) is 11.8. The van der Waals surface area contributed by atoms with Crippen LogP contribution < -0.4 is 5.32 Å². The second kappa shape index (κ2) is 11.2. The van der Waals surface area contributed by atoms with Crippen LogP contribution in [-0.2, 0) is 19.1 Å². The van der Waals surface area contributed by atoms with Crippen LogP contribution in [0.5, 0.6) is 0 Å². The number of benzene rings is 1. The molecule has 0 spiro atoms. The number of hydrogen-bond donors (Lipinski definition) is 1. The first kappa shape index (κ1) is 24.6. The highest BCUT2D eigenvalue weighted by molar-refractivity contribution is 5.77. The highest BCUT2D eigenvalue weighted by atomic mass is 16.6. The molecule has 178 valence electrons. The highest BCUT2D eigenvalue weighted by Crippen LogP contribution is 2.45. The maximum absolute atomic E-state index is 12.9. The van der Waals surface area contributed by atoms with E-state index in [-0.39, 0.29) is 42.8 Å². The average molecular weight is 455 g/mol. The Morgan fingerprint density at radius 2 is 2.06 bits per heavy atom. The molecule has 1 aromatic rings. The molecule has 3 atom stereocenters. The van der Waals surface area contributed by atoms with Crippen molar-refractivity contribution in [3.05, 3.63) is 35.4 Å². The van der Waals surface area contributed by atoms with E-state index in [1.165, 1.54) is 7.11 Å². The number of esters is 1. The van der Waals surface area contributed by atoms with Crippen molar-refractivity contribution in [1.29, 1.82) is 0 Å². The Kier molecular flexibility index (Phi) is 8.37. The number of fused-ring (bicyclic) bond motifs is 1. The van der Waals surface area contributed by atoms with Crippen molar-refractivity contribution < 1.29 is 23.9 Å². The molecule has 1 N–H and O–H groups in total. The van der Waals surface area contributed by atoms with E-state index in [1.54, 1.807) is 4.90 Å². The van der Waals surface area contributed by atoms with Crippen LogP contribution in [0.15, 0.2) is 24.3 Å². The normalized spacial score (nSPS) is 23.7. The number of rotatable bonds is 6. The van der Waals surface area contributed by atoms with Gasteiger partial charge in [-0.25, -0.2) is 4.79 Å². The molecular formula is C26H34N2O5. The van der Waals surface area contributed by atoms with Gasteiger partial charge in [-0.2, -0.15) is 0 Å². The van der Waals surface area contributed by atoms with Crippen LogP contribution >= 0.6 is 0 Å². The van der Waals surface area contributed by atoms with E-state index < -0.39 is 5.60 Å². The monoisotopic (exact) mass is 454 g/mol. The number of hydrogen-bond acceptors (Lipinski definition) is 5. The van der Waals surface area contributed by atoms with E-state index in [0.29, 0.717) is 32.4 Å². The van der Waals surface area contributed by atoms with E-state index in [4.69, 9.17) is 9.47 Å². The van der Waals surface area contributed by atoms with Crippen LogP contribution in [0.1, 0.15) is 63.0 Å². The van der Waals surface area contributed by atoms with Crippen LogP contribution in [-0.4, -0.2) is 54.7 Å². The van der Waals surface area contributed by atoms with Gasteiger partial charge in [0.25, 0.3) is 0 Å². The summed E-state index contributed by atoms with van der Waals surface area (Å²) in [6.45, 7) is 5.00. The van der Waals surface area contributed by atoms with E-state index in [2.05, 4.69) is 17.2 Å². The zero-order valence-electron chi connectivity index (χ0n) is 19.8. The summed E-state index contributed by atoms with van der Waals surface area (Å²) in [7, 11) is 1.39. The average Bonchev–Trinajstić information content (AvgIpc) is 3.23. The second-order valence-corrected chi connectivity index (χ2v) is 8.81. The van der Waals surface area contributed by atoms with Gasteiger partial charge in [0, 0.05) is 43.5 Å². The zero-order chi connectivity index (χ0) is 23.8.